The number of benzene rings is 2. The van der Waals surface area contributed by atoms with Gasteiger partial charge >= 0.3 is 0 Å². The Morgan fingerprint density at radius 1 is 0.667 bits per heavy atom. The van der Waals surface area contributed by atoms with E-state index in [-0.39, 0.29) is 23.7 Å². The summed E-state index contributed by atoms with van der Waals surface area (Å²) >= 11 is 0. The first-order chi connectivity index (χ1) is 14.6. The molecule has 2 N–H and O–H groups in total. The van der Waals surface area contributed by atoms with E-state index < -0.39 is 0 Å². The second-order valence-corrected chi connectivity index (χ2v) is 7.13. The molecule has 0 bridgehead atoms. The van der Waals surface area contributed by atoms with Gasteiger partial charge in [-0.1, -0.05) is 80.6 Å². The summed E-state index contributed by atoms with van der Waals surface area (Å²) in [7, 11) is 0. The molecule has 2 amide bonds. The highest BCUT2D eigenvalue weighted by Crippen LogP contribution is 2.23. The Labute approximate surface area is 177 Å². The fourth-order valence-electron chi connectivity index (χ4n) is 3.52. The maximum absolute atomic E-state index is 12.8. The van der Waals surface area contributed by atoms with Crippen LogP contribution in [0.4, 0.5) is 11.6 Å². The van der Waals surface area contributed by atoms with Crippen LogP contribution in [0.15, 0.2) is 78.9 Å². The van der Waals surface area contributed by atoms with Crippen molar-refractivity contribution in [2.75, 3.05) is 10.6 Å². The van der Waals surface area contributed by atoms with Gasteiger partial charge in [0.25, 0.3) is 0 Å². The third kappa shape index (κ3) is 5.32. The van der Waals surface area contributed by atoms with Gasteiger partial charge < -0.3 is 10.6 Å². The van der Waals surface area contributed by atoms with Crippen molar-refractivity contribution in [1.29, 1.82) is 0 Å². The van der Waals surface area contributed by atoms with E-state index in [1.807, 2.05) is 74.5 Å². The van der Waals surface area contributed by atoms with Crippen LogP contribution in [0.2, 0.25) is 0 Å². The second-order valence-electron chi connectivity index (χ2n) is 7.13. The van der Waals surface area contributed by atoms with Gasteiger partial charge in [-0.3, -0.25) is 9.59 Å². The number of nitrogens with one attached hydrogen (secondary N) is 2. The van der Waals surface area contributed by atoms with Crippen molar-refractivity contribution >= 4 is 23.5 Å². The van der Waals surface area contributed by atoms with Gasteiger partial charge in [0.2, 0.25) is 11.8 Å². The maximum atomic E-state index is 12.8. The van der Waals surface area contributed by atoms with Crippen molar-refractivity contribution in [3.05, 3.63) is 90.0 Å². The lowest BCUT2D eigenvalue weighted by Gasteiger charge is -2.17. The van der Waals surface area contributed by atoms with Crippen molar-refractivity contribution in [1.82, 2.24) is 4.98 Å². The minimum absolute atomic E-state index is 0.115. The highest BCUT2D eigenvalue weighted by molar-refractivity contribution is 5.97. The summed E-state index contributed by atoms with van der Waals surface area (Å²) in [5, 5.41) is 5.76. The van der Waals surface area contributed by atoms with Gasteiger partial charge in [0.15, 0.2) is 0 Å². The largest absolute Gasteiger partial charge is 0.310 e. The summed E-state index contributed by atoms with van der Waals surface area (Å²) in [6.45, 7) is 3.96. The Morgan fingerprint density at radius 3 is 1.43 bits per heavy atom. The third-order valence-corrected chi connectivity index (χ3v) is 5.10. The molecule has 2 aromatic carbocycles. The van der Waals surface area contributed by atoms with Gasteiger partial charge in [-0.05, 0) is 36.1 Å². The zero-order valence-corrected chi connectivity index (χ0v) is 17.3. The molecule has 0 aliphatic rings. The van der Waals surface area contributed by atoms with Crippen LogP contribution in [0.1, 0.15) is 49.7 Å². The van der Waals surface area contributed by atoms with Gasteiger partial charge in [0.05, 0.1) is 11.8 Å². The summed E-state index contributed by atoms with van der Waals surface area (Å²) in [5.41, 5.74) is 1.94. The summed E-state index contributed by atoms with van der Waals surface area (Å²) < 4.78 is 0. The van der Waals surface area contributed by atoms with Gasteiger partial charge in [0.1, 0.15) is 11.6 Å². The Morgan fingerprint density at radius 2 is 1.07 bits per heavy atom. The lowest BCUT2D eigenvalue weighted by molar-refractivity contribution is -0.118. The maximum Gasteiger partial charge on any atom is 0.233 e. The number of anilines is 2. The molecule has 0 saturated heterocycles. The van der Waals surface area contributed by atoms with E-state index >= 15 is 0 Å². The molecule has 0 spiro atoms. The predicted molar refractivity (Wildman–Crippen MR) is 120 cm³/mol. The average molecular weight is 402 g/mol. The van der Waals surface area contributed by atoms with E-state index in [0.29, 0.717) is 24.5 Å². The van der Waals surface area contributed by atoms with Gasteiger partial charge in [-0.2, -0.15) is 0 Å². The molecule has 0 aliphatic heterocycles. The van der Waals surface area contributed by atoms with Crippen LogP contribution in [0, 0.1) is 0 Å². The first-order valence-corrected chi connectivity index (χ1v) is 10.3. The quantitative estimate of drug-likeness (QED) is 0.535. The molecule has 0 fully saturated rings. The van der Waals surface area contributed by atoms with Crippen molar-refractivity contribution in [3.8, 4) is 0 Å². The topological polar surface area (TPSA) is 71.1 Å². The predicted octanol–water partition coefficient (Wildman–Crippen LogP) is 5.35. The molecule has 30 heavy (non-hydrogen) atoms. The molecule has 3 aromatic rings. The number of aromatic nitrogens is 1. The normalized spacial score (nSPS) is 12.6. The first kappa shape index (κ1) is 21.2. The highest BCUT2D eigenvalue weighted by atomic mass is 16.2. The average Bonchev–Trinajstić information content (AvgIpc) is 2.76. The molecule has 5 nitrogen and oxygen atoms in total. The minimum atomic E-state index is -0.256. The standard InChI is InChI=1S/C25H27N3O2/c1-3-20(18-12-7-5-8-13-18)24(29)27-22-16-11-17-23(26-22)28-25(30)21(4-2)19-14-9-6-10-15-19/h5-17,20-21H,3-4H2,1-2H3,(H2,26,27,28,29,30)/t20-,21-/m0/s1. The molecular formula is C25H27N3O2. The Bertz CT molecular complexity index is 897. The lowest BCUT2D eigenvalue weighted by Crippen LogP contribution is -2.23. The zero-order chi connectivity index (χ0) is 21.3. The van der Waals surface area contributed by atoms with Gasteiger partial charge in [-0.25, -0.2) is 4.98 Å². The smallest absolute Gasteiger partial charge is 0.233 e. The zero-order valence-electron chi connectivity index (χ0n) is 17.3. The number of carbonyl (C=O) groups excluding carboxylic acids is 2. The Kier molecular flexibility index (Phi) is 7.33. The number of pyridine rings is 1. The van der Waals surface area contributed by atoms with Crippen molar-refractivity contribution < 1.29 is 9.59 Å². The van der Waals surface area contributed by atoms with Gasteiger partial charge in [0, 0.05) is 0 Å². The summed E-state index contributed by atoms with van der Waals surface area (Å²) in [4.78, 5) is 30.0. The molecular weight excluding hydrogens is 374 g/mol. The number of rotatable bonds is 8. The van der Waals surface area contributed by atoms with Crippen molar-refractivity contribution in [2.45, 2.75) is 38.5 Å². The SMILES string of the molecule is CC[C@H](C(=O)Nc1cccc(NC(=O)[C@@H](CC)c2ccccc2)n1)c1ccccc1. The fourth-order valence-corrected chi connectivity index (χ4v) is 3.52. The number of amides is 2. The number of hydrogen-bond donors (Lipinski definition) is 2. The van der Waals surface area contributed by atoms with Crippen molar-refractivity contribution in [3.63, 3.8) is 0 Å². The monoisotopic (exact) mass is 401 g/mol. The summed E-state index contributed by atoms with van der Waals surface area (Å²) in [6, 6.07) is 24.6. The molecule has 0 aliphatic carbocycles. The molecule has 2 atom stereocenters. The molecule has 1 aromatic heterocycles. The molecule has 0 unspecified atom stereocenters. The fraction of sp³-hybridized carbons (Fsp3) is 0.240. The first-order valence-electron chi connectivity index (χ1n) is 10.3. The van der Waals surface area contributed by atoms with E-state index in [1.165, 1.54) is 0 Å². The van der Waals surface area contributed by atoms with Crippen LogP contribution >= 0.6 is 0 Å². The second kappa shape index (κ2) is 10.3. The minimum Gasteiger partial charge on any atom is -0.310 e. The van der Waals surface area contributed by atoms with Gasteiger partial charge in [-0.15, -0.1) is 0 Å². The van der Waals surface area contributed by atoms with E-state index in [2.05, 4.69) is 15.6 Å². The van der Waals surface area contributed by atoms with E-state index in [4.69, 9.17) is 0 Å². The molecule has 0 radical (unpaired) electrons. The summed E-state index contributed by atoms with van der Waals surface area (Å²) in [6.07, 6.45) is 1.36. The number of nitrogens with zero attached hydrogens (tertiary/aromatic N) is 1. The Hall–Kier alpha value is -3.47. The molecule has 3 rings (SSSR count). The molecule has 1 heterocycles. The van der Waals surface area contributed by atoms with Crippen LogP contribution in [0.25, 0.3) is 0 Å². The lowest BCUT2D eigenvalue weighted by atomic mass is 9.95. The van der Waals surface area contributed by atoms with Crippen LogP contribution in [0.3, 0.4) is 0 Å². The third-order valence-electron chi connectivity index (χ3n) is 5.10. The van der Waals surface area contributed by atoms with Crippen LogP contribution in [-0.4, -0.2) is 16.8 Å². The van der Waals surface area contributed by atoms with Crippen molar-refractivity contribution in [2.24, 2.45) is 0 Å². The molecule has 5 heteroatoms. The van der Waals surface area contributed by atoms with Crippen LogP contribution in [0.5, 0.6) is 0 Å². The Balaban J connectivity index is 1.70. The van der Waals surface area contributed by atoms with E-state index in [0.717, 1.165) is 11.1 Å². The van der Waals surface area contributed by atoms with E-state index in [9.17, 15) is 9.59 Å². The number of carbonyl (C=O) groups is 2. The van der Waals surface area contributed by atoms with E-state index in [1.54, 1.807) is 18.2 Å². The van der Waals surface area contributed by atoms with Crippen LogP contribution < -0.4 is 10.6 Å². The number of hydrogen-bond acceptors (Lipinski definition) is 3. The molecule has 154 valence electrons. The highest BCUT2D eigenvalue weighted by Gasteiger charge is 2.21. The molecule has 0 saturated carbocycles. The van der Waals surface area contributed by atoms with Crippen LogP contribution in [-0.2, 0) is 9.59 Å². The summed E-state index contributed by atoms with van der Waals surface area (Å²) in [5.74, 6) is 0.0910.